The van der Waals surface area contributed by atoms with E-state index in [4.69, 9.17) is 11.6 Å². The van der Waals surface area contributed by atoms with Crippen LogP contribution in [0.2, 0.25) is 0 Å². The molecular weight excluding hydrogens is 386 g/mol. The Labute approximate surface area is 137 Å². The molecule has 20 heavy (non-hydrogen) atoms. The van der Waals surface area contributed by atoms with Crippen LogP contribution in [0.3, 0.4) is 0 Å². The van der Waals surface area contributed by atoms with Crippen molar-refractivity contribution in [1.82, 2.24) is 0 Å². The summed E-state index contributed by atoms with van der Waals surface area (Å²) < 4.78 is 18.2. The van der Waals surface area contributed by atoms with Gasteiger partial charge in [-0.3, -0.25) is 0 Å². The maximum Gasteiger partial charge on any atom is 0.350 e. The average Bonchev–Trinajstić information content (AvgIpc) is 2.63. The van der Waals surface area contributed by atoms with Crippen molar-refractivity contribution in [3.63, 3.8) is 0 Å². The SMILES string of the molecule is Cc1ccc([I+]/C=C(\Cl)CC2(F)CCCCCC2)cc1. The van der Waals surface area contributed by atoms with Crippen LogP contribution in [-0.4, -0.2) is 5.67 Å². The van der Waals surface area contributed by atoms with E-state index in [0.29, 0.717) is 19.3 Å². The third-order valence-electron chi connectivity index (χ3n) is 3.80. The highest BCUT2D eigenvalue weighted by atomic mass is 127. The predicted molar refractivity (Wildman–Crippen MR) is 80.0 cm³/mol. The van der Waals surface area contributed by atoms with Gasteiger partial charge in [0.1, 0.15) is 5.67 Å². The maximum absolute atomic E-state index is 14.7. The largest absolute Gasteiger partial charge is 0.350 e. The maximum atomic E-state index is 14.7. The second-order valence-electron chi connectivity index (χ2n) is 5.70. The van der Waals surface area contributed by atoms with Crippen LogP contribution in [0.5, 0.6) is 0 Å². The van der Waals surface area contributed by atoms with E-state index in [1.54, 1.807) is 0 Å². The number of allylic oxidation sites excluding steroid dienone is 1. The normalized spacial score (nSPS) is 19.6. The van der Waals surface area contributed by atoms with Crippen molar-refractivity contribution in [3.05, 3.63) is 42.5 Å². The van der Waals surface area contributed by atoms with E-state index in [1.165, 1.54) is 22.0 Å². The van der Waals surface area contributed by atoms with Crippen LogP contribution in [-0.2, 0) is 0 Å². The standard InChI is InChI=1S/C17H22ClFI/c1-14-6-8-16(9-7-14)20-13-15(18)12-17(19)10-4-2-3-5-11-17/h6-9,13H,2-5,10-12H2,1H3/q+1/b15-13-. The van der Waals surface area contributed by atoms with Gasteiger partial charge in [0.2, 0.25) is 0 Å². The number of hydrogen-bond donors (Lipinski definition) is 0. The Morgan fingerprint density at radius 3 is 2.40 bits per heavy atom. The molecule has 0 saturated heterocycles. The summed E-state index contributed by atoms with van der Waals surface area (Å²) in [5, 5.41) is 0.725. The Kier molecular flexibility index (Phi) is 6.34. The van der Waals surface area contributed by atoms with Gasteiger partial charge in [0.25, 0.3) is 0 Å². The molecule has 0 nitrogen and oxygen atoms in total. The lowest BCUT2D eigenvalue weighted by Crippen LogP contribution is -3.59. The number of hydrogen-bond acceptors (Lipinski definition) is 0. The first kappa shape index (κ1) is 16.3. The van der Waals surface area contributed by atoms with Gasteiger partial charge in [-0.15, -0.1) is 0 Å². The highest BCUT2D eigenvalue weighted by Crippen LogP contribution is 2.36. The first-order valence-electron chi connectivity index (χ1n) is 7.31. The molecule has 0 aromatic heterocycles. The molecule has 1 aromatic carbocycles. The lowest BCUT2D eigenvalue weighted by molar-refractivity contribution is -0.557. The van der Waals surface area contributed by atoms with Crippen LogP contribution in [0.4, 0.5) is 4.39 Å². The minimum Gasteiger partial charge on any atom is -0.243 e. The molecule has 0 unspecified atom stereocenters. The summed E-state index contributed by atoms with van der Waals surface area (Å²) in [6.45, 7) is 2.09. The van der Waals surface area contributed by atoms with Crippen molar-refractivity contribution >= 4 is 11.6 Å². The third-order valence-corrected chi connectivity index (χ3v) is 6.91. The summed E-state index contributed by atoms with van der Waals surface area (Å²) >= 11 is 6.04. The zero-order valence-corrected chi connectivity index (χ0v) is 14.9. The number of halogens is 3. The molecule has 2 rings (SSSR count). The first-order chi connectivity index (χ1) is 9.57. The number of aryl methyl sites for hydroxylation is 1. The second kappa shape index (κ2) is 7.79. The summed E-state index contributed by atoms with van der Waals surface area (Å²) in [5.41, 5.74) is 0.218. The van der Waals surface area contributed by atoms with E-state index in [-0.39, 0.29) is 21.2 Å². The molecule has 1 fully saturated rings. The summed E-state index contributed by atoms with van der Waals surface area (Å²) in [6, 6.07) is 8.55. The van der Waals surface area contributed by atoms with Crippen LogP contribution in [0.1, 0.15) is 50.5 Å². The van der Waals surface area contributed by atoms with Crippen LogP contribution < -0.4 is 21.2 Å². The van der Waals surface area contributed by atoms with E-state index in [9.17, 15) is 4.39 Å². The highest BCUT2D eigenvalue weighted by Gasteiger charge is 2.31. The quantitative estimate of drug-likeness (QED) is 0.532. The Morgan fingerprint density at radius 2 is 1.80 bits per heavy atom. The molecular formula is C17H22ClFI+. The van der Waals surface area contributed by atoms with Crippen molar-refractivity contribution < 1.29 is 25.6 Å². The fourth-order valence-electron chi connectivity index (χ4n) is 2.61. The lowest BCUT2D eigenvalue weighted by Gasteiger charge is -2.22. The molecule has 1 aromatic rings. The summed E-state index contributed by atoms with van der Waals surface area (Å²) in [4.78, 5) is 0. The fourth-order valence-corrected chi connectivity index (χ4v) is 4.82. The van der Waals surface area contributed by atoms with Crippen molar-refractivity contribution in [2.75, 3.05) is 0 Å². The summed E-state index contributed by atoms with van der Waals surface area (Å²) in [6.07, 6.45) is 6.13. The van der Waals surface area contributed by atoms with E-state index in [1.807, 2.05) is 0 Å². The second-order valence-corrected chi connectivity index (χ2v) is 8.68. The predicted octanol–water partition coefficient (Wildman–Crippen LogP) is 2.79. The topological polar surface area (TPSA) is 0 Å². The van der Waals surface area contributed by atoms with Gasteiger partial charge in [-0.25, -0.2) is 4.39 Å². The number of alkyl halides is 1. The Bertz CT molecular complexity index is 445. The zero-order chi connectivity index (χ0) is 14.4. The van der Waals surface area contributed by atoms with Crippen molar-refractivity contribution in [2.45, 2.75) is 57.5 Å². The molecule has 3 heteroatoms. The number of benzene rings is 1. The molecule has 0 aliphatic heterocycles. The molecule has 0 heterocycles. The van der Waals surface area contributed by atoms with Crippen LogP contribution in [0.15, 0.2) is 33.4 Å². The van der Waals surface area contributed by atoms with Crippen molar-refractivity contribution in [3.8, 4) is 0 Å². The zero-order valence-electron chi connectivity index (χ0n) is 12.0. The first-order valence-corrected chi connectivity index (χ1v) is 10.0. The van der Waals surface area contributed by atoms with Gasteiger partial charge in [0.05, 0.1) is 5.03 Å². The van der Waals surface area contributed by atoms with Gasteiger partial charge < -0.3 is 0 Å². The molecule has 0 N–H and O–H groups in total. The van der Waals surface area contributed by atoms with Crippen molar-refractivity contribution in [2.24, 2.45) is 0 Å². The number of rotatable bonds is 4. The molecule has 1 aliphatic rings. The molecule has 110 valence electrons. The monoisotopic (exact) mass is 407 g/mol. The molecule has 0 atom stereocenters. The molecule has 0 amide bonds. The van der Waals surface area contributed by atoms with Gasteiger partial charge in [-0.1, -0.05) is 55.0 Å². The molecule has 1 aliphatic carbocycles. The van der Waals surface area contributed by atoms with E-state index in [2.05, 4.69) is 35.3 Å². The highest BCUT2D eigenvalue weighted by molar-refractivity contribution is 6.29. The molecule has 0 spiro atoms. The van der Waals surface area contributed by atoms with Crippen molar-refractivity contribution in [1.29, 1.82) is 0 Å². The molecule has 1 saturated carbocycles. The van der Waals surface area contributed by atoms with Gasteiger partial charge >= 0.3 is 21.2 Å². The van der Waals surface area contributed by atoms with E-state index < -0.39 is 5.67 Å². The van der Waals surface area contributed by atoms with Crippen LogP contribution in [0, 0.1) is 10.5 Å². The smallest absolute Gasteiger partial charge is 0.243 e. The average molecular weight is 408 g/mol. The molecule has 0 bridgehead atoms. The van der Waals surface area contributed by atoms with Gasteiger partial charge in [0.15, 0.2) is 7.65 Å². The van der Waals surface area contributed by atoms with Crippen LogP contribution in [0.25, 0.3) is 0 Å². The Hall–Kier alpha value is -0.0900. The molecule has 0 radical (unpaired) electrons. The minimum absolute atomic E-state index is 0.246. The van der Waals surface area contributed by atoms with Gasteiger partial charge in [-0.2, -0.15) is 0 Å². The van der Waals surface area contributed by atoms with E-state index in [0.717, 1.165) is 17.9 Å². The fraction of sp³-hybridized carbons (Fsp3) is 0.529. The van der Waals surface area contributed by atoms with Crippen LogP contribution >= 0.6 is 11.6 Å². The lowest BCUT2D eigenvalue weighted by atomic mass is 9.93. The summed E-state index contributed by atoms with van der Waals surface area (Å²) in [7, 11) is 0. The van der Waals surface area contributed by atoms with Gasteiger partial charge in [0, 0.05) is 6.42 Å². The third kappa shape index (κ3) is 5.36. The minimum atomic E-state index is -1.05. The summed E-state index contributed by atoms with van der Waals surface area (Å²) in [5.74, 6) is 0. The Morgan fingerprint density at radius 1 is 1.20 bits per heavy atom. The van der Waals surface area contributed by atoms with E-state index >= 15 is 0 Å². The Balaban J connectivity index is 1.91. The van der Waals surface area contributed by atoms with Gasteiger partial charge in [-0.05, 0) is 31.9 Å².